The van der Waals surface area contributed by atoms with Crippen molar-refractivity contribution in [3.05, 3.63) is 87.9 Å². The van der Waals surface area contributed by atoms with Crippen molar-refractivity contribution in [1.29, 1.82) is 0 Å². The van der Waals surface area contributed by atoms with Crippen LogP contribution in [0.1, 0.15) is 22.8 Å². The van der Waals surface area contributed by atoms with Gasteiger partial charge >= 0.3 is 0 Å². The highest BCUT2D eigenvalue weighted by atomic mass is 35.5. The molecule has 0 bridgehead atoms. The summed E-state index contributed by atoms with van der Waals surface area (Å²) in [6, 6.07) is 19.9. The van der Waals surface area contributed by atoms with E-state index >= 15 is 0 Å². The van der Waals surface area contributed by atoms with E-state index in [-0.39, 0.29) is 17.1 Å². The normalized spacial score (nSPS) is 11.6. The number of carbonyl (C=O) groups excluding carboxylic acids is 2. The maximum Gasteiger partial charge on any atom is 0.255 e. The molecule has 0 saturated heterocycles. The van der Waals surface area contributed by atoms with Gasteiger partial charge in [0.1, 0.15) is 0 Å². The number of hydrogen-bond donors (Lipinski definition) is 2. The number of rotatable bonds is 6. The van der Waals surface area contributed by atoms with Crippen molar-refractivity contribution in [2.45, 2.75) is 24.0 Å². The molecule has 0 spiro atoms. The molecule has 7 heteroatoms. The van der Waals surface area contributed by atoms with Crippen LogP contribution in [0.5, 0.6) is 0 Å². The summed E-state index contributed by atoms with van der Waals surface area (Å²) in [4.78, 5) is 25.9. The Morgan fingerprint density at radius 2 is 1.67 bits per heavy atom. The average molecular weight is 459 g/mol. The monoisotopic (exact) mass is 458 g/mol. The number of thioether (sulfide) groups is 1. The fourth-order valence-electron chi connectivity index (χ4n) is 2.73. The third kappa shape index (κ3) is 5.79. The molecule has 2 N–H and O–H groups in total. The molecular weight excluding hydrogens is 439 g/mol. The van der Waals surface area contributed by atoms with Gasteiger partial charge < -0.3 is 10.6 Å². The first kappa shape index (κ1) is 22.2. The molecule has 0 heterocycles. The Bertz CT molecular complexity index is 1090. The summed E-state index contributed by atoms with van der Waals surface area (Å²) in [5.41, 5.74) is 2.75. The summed E-state index contributed by atoms with van der Waals surface area (Å²) in [5, 5.41) is 6.00. The Hall–Kier alpha value is -2.47. The van der Waals surface area contributed by atoms with Crippen LogP contribution < -0.4 is 10.6 Å². The topological polar surface area (TPSA) is 58.2 Å². The van der Waals surface area contributed by atoms with E-state index in [1.807, 2.05) is 49.4 Å². The average Bonchev–Trinajstić information content (AvgIpc) is 2.71. The molecule has 3 rings (SSSR count). The quantitative estimate of drug-likeness (QED) is 0.405. The van der Waals surface area contributed by atoms with Gasteiger partial charge in [0, 0.05) is 16.1 Å². The second kappa shape index (κ2) is 10.0. The van der Waals surface area contributed by atoms with Crippen LogP contribution in [0.25, 0.3) is 0 Å². The molecular formula is C23H20Cl2N2O2S. The third-order valence-corrected chi connectivity index (χ3v) is 6.18. The van der Waals surface area contributed by atoms with Crippen LogP contribution in [0.15, 0.2) is 71.6 Å². The van der Waals surface area contributed by atoms with E-state index in [0.717, 1.165) is 10.5 Å². The van der Waals surface area contributed by atoms with Crippen LogP contribution in [0, 0.1) is 6.92 Å². The van der Waals surface area contributed by atoms with E-state index in [1.54, 1.807) is 31.2 Å². The summed E-state index contributed by atoms with van der Waals surface area (Å²) in [6.07, 6.45) is 0. The van der Waals surface area contributed by atoms with Gasteiger partial charge in [0.2, 0.25) is 5.91 Å². The predicted octanol–water partition coefficient (Wildman–Crippen LogP) is 6.67. The van der Waals surface area contributed by atoms with E-state index in [4.69, 9.17) is 23.2 Å². The number of nitrogens with one attached hydrogen (secondary N) is 2. The van der Waals surface area contributed by atoms with Crippen LogP contribution in [-0.2, 0) is 4.79 Å². The van der Waals surface area contributed by atoms with Crippen molar-refractivity contribution in [3.8, 4) is 0 Å². The van der Waals surface area contributed by atoms with Gasteiger partial charge in [-0.2, -0.15) is 0 Å². The maximum absolute atomic E-state index is 12.6. The highest BCUT2D eigenvalue weighted by Crippen LogP contribution is 2.31. The lowest BCUT2D eigenvalue weighted by molar-refractivity contribution is -0.115. The lowest BCUT2D eigenvalue weighted by Gasteiger charge is -2.14. The van der Waals surface area contributed by atoms with Crippen molar-refractivity contribution < 1.29 is 9.59 Å². The Kier molecular flexibility index (Phi) is 7.43. The molecule has 1 unspecified atom stereocenters. The SMILES string of the molecule is Cc1cccc(C(=O)Nc2cccc(SC(C)C(=O)Nc3cccc(Cl)c3Cl)c2)c1. The standard InChI is InChI=1S/C23H20Cl2N2O2S/c1-14-6-3-7-16(12-14)23(29)26-17-8-4-9-18(13-17)30-15(2)22(28)27-20-11-5-10-19(24)21(20)25/h3-13,15H,1-2H3,(H,26,29)(H,27,28). The van der Waals surface area contributed by atoms with Crippen LogP contribution in [0.4, 0.5) is 11.4 Å². The molecule has 30 heavy (non-hydrogen) atoms. The predicted molar refractivity (Wildman–Crippen MR) is 126 cm³/mol. The number of aryl methyl sites for hydroxylation is 1. The zero-order valence-corrected chi connectivity index (χ0v) is 18.7. The van der Waals surface area contributed by atoms with Crippen LogP contribution in [0.2, 0.25) is 10.0 Å². The lowest BCUT2D eigenvalue weighted by Crippen LogP contribution is -2.22. The summed E-state index contributed by atoms with van der Waals surface area (Å²) < 4.78 is 0. The Balaban J connectivity index is 1.64. The fraction of sp³-hybridized carbons (Fsp3) is 0.130. The molecule has 3 aromatic rings. The van der Waals surface area contributed by atoms with Gasteiger partial charge in [-0.25, -0.2) is 0 Å². The first-order valence-electron chi connectivity index (χ1n) is 9.23. The van der Waals surface area contributed by atoms with Gasteiger partial charge in [0.05, 0.1) is 21.0 Å². The summed E-state index contributed by atoms with van der Waals surface area (Å²) in [6.45, 7) is 3.74. The molecule has 0 aliphatic carbocycles. The number of benzene rings is 3. The number of carbonyl (C=O) groups is 2. The van der Waals surface area contributed by atoms with Crippen LogP contribution in [0.3, 0.4) is 0 Å². The molecule has 0 aliphatic heterocycles. The first-order valence-corrected chi connectivity index (χ1v) is 10.9. The van der Waals surface area contributed by atoms with E-state index < -0.39 is 0 Å². The van der Waals surface area contributed by atoms with Gasteiger partial charge in [-0.15, -0.1) is 11.8 Å². The zero-order valence-electron chi connectivity index (χ0n) is 16.4. The minimum Gasteiger partial charge on any atom is -0.324 e. The largest absolute Gasteiger partial charge is 0.324 e. The number of amides is 2. The van der Waals surface area contributed by atoms with E-state index in [2.05, 4.69) is 10.6 Å². The van der Waals surface area contributed by atoms with Gasteiger partial charge in [-0.3, -0.25) is 9.59 Å². The van der Waals surface area contributed by atoms with Gasteiger partial charge in [-0.1, -0.05) is 53.0 Å². The smallest absolute Gasteiger partial charge is 0.255 e. The molecule has 0 radical (unpaired) electrons. The molecule has 3 aromatic carbocycles. The first-order chi connectivity index (χ1) is 14.3. The van der Waals surface area contributed by atoms with Crippen molar-refractivity contribution >= 4 is 58.2 Å². The molecule has 1 atom stereocenters. The molecule has 2 amide bonds. The van der Waals surface area contributed by atoms with Crippen LogP contribution in [-0.4, -0.2) is 17.1 Å². The molecule has 4 nitrogen and oxygen atoms in total. The van der Waals surface area contributed by atoms with E-state index in [9.17, 15) is 9.59 Å². The molecule has 0 saturated carbocycles. The highest BCUT2D eigenvalue weighted by molar-refractivity contribution is 8.00. The summed E-state index contributed by atoms with van der Waals surface area (Å²) in [5.74, 6) is -0.374. The summed E-state index contributed by atoms with van der Waals surface area (Å²) >= 11 is 13.5. The minimum atomic E-state index is -0.386. The maximum atomic E-state index is 12.6. The lowest BCUT2D eigenvalue weighted by atomic mass is 10.1. The fourth-order valence-corrected chi connectivity index (χ4v) is 4.00. The van der Waals surface area contributed by atoms with Crippen molar-refractivity contribution in [2.75, 3.05) is 10.6 Å². The second-order valence-corrected chi connectivity index (χ2v) is 8.90. The molecule has 0 fully saturated rings. The van der Waals surface area contributed by atoms with Gasteiger partial charge in [0.15, 0.2) is 0 Å². The zero-order chi connectivity index (χ0) is 21.7. The Morgan fingerprint density at radius 1 is 0.933 bits per heavy atom. The molecule has 0 aliphatic rings. The van der Waals surface area contributed by atoms with Crippen molar-refractivity contribution in [1.82, 2.24) is 0 Å². The summed E-state index contributed by atoms with van der Waals surface area (Å²) in [7, 11) is 0. The number of halogens is 2. The second-order valence-electron chi connectivity index (χ2n) is 6.70. The number of anilines is 2. The van der Waals surface area contributed by atoms with Gasteiger partial charge in [-0.05, 0) is 56.3 Å². The van der Waals surface area contributed by atoms with E-state index in [0.29, 0.717) is 27.0 Å². The van der Waals surface area contributed by atoms with E-state index in [1.165, 1.54) is 11.8 Å². The van der Waals surface area contributed by atoms with Crippen LogP contribution >= 0.6 is 35.0 Å². The molecule has 154 valence electrons. The van der Waals surface area contributed by atoms with Crippen molar-refractivity contribution in [2.24, 2.45) is 0 Å². The van der Waals surface area contributed by atoms with Gasteiger partial charge in [0.25, 0.3) is 5.91 Å². The number of hydrogen-bond acceptors (Lipinski definition) is 3. The third-order valence-electron chi connectivity index (χ3n) is 4.26. The Labute approximate surface area is 190 Å². The minimum absolute atomic E-state index is 0.178. The van der Waals surface area contributed by atoms with Crippen molar-refractivity contribution in [3.63, 3.8) is 0 Å². The Morgan fingerprint density at radius 3 is 2.43 bits per heavy atom. The highest BCUT2D eigenvalue weighted by Gasteiger charge is 2.17. The molecule has 0 aromatic heterocycles.